The quantitative estimate of drug-likeness (QED) is 0.688. The average Bonchev–Trinajstić information content (AvgIpc) is 2.25. The Bertz CT molecular complexity index is 235. The van der Waals surface area contributed by atoms with Gasteiger partial charge in [0.1, 0.15) is 6.67 Å². The number of nitrogens with one attached hydrogen (secondary N) is 1. The van der Waals surface area contributed by atoms with Gasteiger partial charge in [-0.15, -0.1) is 0 Å². The van der Waals surface area contributed by atoms with Gasteiger partial charge in [0.25, 0.3) is 0 Å². The molecule has 1 N–H and O–H groups in total. The molecule has 1 nitrogen and oxygen atoms in total. The van der Waals surface area contributed by atoms with Gasteiger partial charge in [-0.3, -0.25) is 0 Å². The third-order valence-corrected chi connectivity index (χ3v) is 2.39. The summed E-state index contributed by atoms with van der Waals surface area (Å²) in [7, 11) is 0. The van der Waals surface area contributed by atoms with E-state index < -0.39 is 0 Å². The van der Waals surface area contributed by atoms with Crippen LogP contribution in [0.1, 0.15) is 24.8 Å². The van der Waals surface area contributed by atoms with E-state index >= 15 is 0 Å². The Hall–Kier alpha value is -0.890. The Labute approximate surface area is 85.3 Å². The molecule has 0 aliphatic carbocycles. The van der Waals surface area contributed by atoms with Crippen molar-refractivity contribution in [2.75, 3.05) is 19.8 Å². The first-order valence-corrected chi connectivity index (χ1v) is 5.16. The topological polar surface area (TPSA) is 12.0 Å². The molecule has 1 aromatic rings. The first-order valence-electron chi connectivity index (χ1n) is 5.16. The number of halogens is 1. The Morgan fingerprint density at radius 1 is 1.21 bits per heavy atom. The van der Waals surface area contributed by atoms with E-state index in [1.807, 2.05) is 6.07 Å². The van der Waals surface area contributed by atoms with Crippen LogP contribution in [0.2, 0.25) is 0 Å². The molecule has 0 aliphatic heterocycles. The molecule has 14 heavy (non-hydrogen) atoms. The minimum atomic E-state index is -0.278. The predicted octanol–water partition coefficient (Wildman–Crippen LogP) is 2.74. The molecule has 0 saturated carbocycles. The molecule has 0 radical (unpaired) electrons. The normalized spacial score (nSPS) is 12.7. The molecule has 0 amide bonds. The van der Waals surface area contributed by atoms with E-state index in [1.165, 1.54) is 5.56 Å². The van der Waals surface area contributed by atoms with Crippen molar-refractivity contribution in [1.82, 2.24) is 5.32 Å². The summed E-state index contributed by atoms with van der Waals surface area (Å²) >= 11 is 0. The summed E-state index contributed by atoms with van der Waals surface area (Å²) in [6, 6.07) is 10.4. The van der Waals surface area contributed by atoms with Crippen molar-refractivity contribution in [3.8, 4) is 0 Å². The van der Waals surface area contributed by atoms with Gasteiger partial charge in [0.05, 0.1) is 0 Å². The monoisotopic (exact) mass is 195 g/mol. The van der Waals surface area contributed by atoms with Gasteiger partial charge in [-0.2, -0.15) is 0 Å². The Balaban J connectivity index is 2.25. The molecule has 0 spiro atoms. The fourth-order valence-electron chi connectivity index (χ4n) is 1.46. The third kappa shape index (κ3) is 3.88. The Kier molecular flexibility index (Phi) is 5.23. The molecule has 1 atom stereocenters. The van der Waals surface area contributed by atoms with Crippen LogP contribution in [-0.2, 0) is 0 Å². The molecular weight excluding hydrogens is 177 g/mol. The lowest BCUT2D eigenvalue weighted by atomic mass is 9.98. The van der Waals surface area contributed by atoms with Crippen molar-refractivity contribution >= 4 is 0 Å². The molecule has 1 aromatic carbocycles. The highest BCUT2D eigenvalue weighted by Crippen LogP contribution is 2.17. The number of hydrogen-bond acceptors (Lipinski definition) is 1. The van der Waals surface area contributed by atoms with Crippen molar-refractivity contribution in [2.24, 2.45) is 0 Å². The second-order valence-electron chi connectivity index (χ2n) is 3.54. The van der Waals surface area contributed by atoms with Crippen LogP contribution >= 0.6 is 0 Å². The molecular formula is C12H18FN. The molecule has 0 saturated heterocycles. The second-order valence-corrected chi connectivity index (χ2v) is 3.54. The number of alkyl halides is 1. The molecule has 0 heterocycles. The van der Waals surface area contributed by atoms with Gasteiger partial charge in [-0.25, -0.2) is 4.39 Å². The van der Waals surface area contributed by atoms with E-state index in [-0.39, 0.29) is 6.67 Å². The van der Waals surface area contributed by atoms with E-state index in [2.05, 4.69) is 36.5 Å². The van der Waals surface area contributed by atoms with Gasteiger partial charge < -0.3 is 5.32 Å². The Morgan fingerprint density at radius 3 is 2.57 bits per heavy atom. The van der Waals surface area contributed by atoms with Gasteiger partial charge in [0, 0.05) is 6.54 Å². The molecule has 2 heteroatoms. The van der Waals surface area contributed by atoms with Crippen molar-refractivity contribution in [1.29, 1.82) is 0 Å². The highest BCUT2D eigenvalue weighted by molar-refractivity contribution is 5.18. The Morgan fingerprint density at radius 2 is 1.93 bits per heavy atom. The molecule has 0 bridgehead atoms. The summed E-state index contributed by atoms with van der Waals surface area (Å²) in [4.78, 5) is 0. The van der Waals surface area contributed by atoms with Crippen molar-refractivity contribution in [2.45, 2.75) is 19.3 Å². The summed E-state index contributed by atoms with van der Waals surface area (Å²) in [5, 5.41) is 3.06. The molecule has 1 rings (SSSR count). The maximum absolute atomic E-state index is 11.8. The molecule has 78 valence electrons. The lowest BCUT2D eigenvalue weighted by molar-refractivity contribution is 0.460. The van der Waals surface area contributed by atoms with Crippen LogP contribution < -0.4 is 5.32 Å². The van der Waals surface area contributed by atoms with Gasteiger partial charge in [0.2, 0.25) is 0 Å². The van der Waals surface area contributed by atoms with E-state index in [9.17, 15) is 4.39 Å². The van der Waals surface area contributed by atoms with E-state index in [1.54, 1.807) is 0 Å². The summed E-state index contributed by atoms with van der Waals surface area (Å²) in [6.45, 7) is 3.29. The number of rotatable bonds is 6. The zero-order valence-electron chi connectivity index (χ0n) is 8.67. The van der Waals surface area contributed by atoms with Gasteiger partial charge in [-0.1, -0.05) is 37.3 Å². The summed E-state index contributed by atoms with van der Waals surface area (Å²) in [6.07, 6.45) is 1.06. The summed E-state index contributed by atoms with van der Waals surface area (Å²) in [5.74, 6) is 0.545. The van der Waals surface area contributed by atoms with Gasteiger partial charge >= 0.3 is 0 Å². The van der Waals surface area contributed by atoms with E-state index in [4.69, 9.17) is 0 Å². The summed E-state index contributed by atoms with van der Waals surface area (Å²) in [5.41, 5.74) is 1.36. The van der Waals surface area contributed by atoms with Crippen molar-refractivity contribution in [3.05, 3.63) is 35.9 Å². The highest BCUT2D eigenvalue weighted by Gasteiger charge is 2.03. The maximum Gasteiger partial charge on any atom is 0.102 e. The molecule has 1 unspecified atom stereocenters. The highest BCUT2D eigenvalue weighted by atomic mass is 19.1. The fourth-order valence-corrected chi connectivity index (χ4v) is 1.46. The van der Waals surface area contributed by atoms with Crippen molar-refractivity contribution in [3.63, 3.8) is 0 Å². The fraction of sp³-hybridized carbons (Fsp3) is 0.500. The van der Waals surface area contributed by atoms with Crippen LogP contribution in [0, 0.1) is 0 Å². The molecule has 0 aliphatic rings. The van der Waals surface area contributed by atoms with Crippen LogP contribution in [0.25, 0.3) is 0 Å². The first kappa shape index (κ1) is 11.2. The lowest BCUT2D eigenvalue weighted by Gasteiger charge is -2.11. The lowest BCUT2D eigenvalue weighted by Crippen LogP contribution is -2.19. The minimum Gasteiger partial charge on any atom is -0.314 e. The first-order chi connectivity index (χ1) is 6.84. The average molecular weight is 195 g/mol. The molecule has 0 aromatic heterocycles. The zero-order valence-corrected chi connectivity index (χ0v) is 8.67. The third-order valence-electron chi connectivity index (χ3n) is 2.39. The van der Waals surface area contributed by atoms with Crippen LogP contribution in [-0.4, -0.2) is 19.8 Å². The zero-order chi connectivity index (χ0) is 10.2. The standard InChI is InChI=1S/C12H18FN/c1-11(7-9-14-10-8-13)12-5-3-2-4-6-12/h2-6,11,14H,7-10H2,1H3. The van der Waals surface area contributed by atoms with Crippen LogP contribution in [0.5, 0.6) is 0 Å². The van der Waals surface area contributed by atoms with Gasteiger partial charge in [-0.05, 0) is 24.4 Å². The maximum atomic E-state index is 11.8. The SMILES string of the molecule is CC(CCNCCF)c1ccccc1. The largest absolute Gasteiger partial charge is 0.314 e. The second kappa shape index (κ2) is 6.55. The van der Waals surface area contributed by atoms with Gasteiger partial charge in [0.15, 0.2) is 0 Å². The van der Waals surface area contributed by atoms with Crippen molar-refractivity contribution < 1.29 is 4.39 Å². The predicted molar refractivity (Wildman–Crippen MR) is 58.3 cm³/mol. The van der Waals surface area contributed by atoms with E-state index in [0.29, 0.717) is 12.5 Å². The number of benzene rings is 1. The summed E-state index contributed by atoms with van der Waals surface area (Å²) < 4.78 is 11.8. The van der Waals surface area contributed by atoms with Crippen LogP contribution in [0.4, 0.5) is 4.39 Å². The number of hydrogen-bond donors (Lipinski definition) is 1. The van der Waals surface area contributed by atoms with Crippen LogP contribution in [0.15, 0.2) is 30.3 Å². The van der Waals surface area contributed by atoms with E-state index in [0.717, 1.165) is 13.0 Å². The smallest absolute Gasteiger partial charge is 0.102 e. The van der Waals surface area contributed by atoms with Crippen LogP contribution in [0.3, 0.4) is 0 Å². The molecule has 0 fully saturated rings. The minimum absolute atomic E-state index is 0.278.